The maximum absolute atomic E-state index is 11.7. The second kappa shape index (κ2) is 6.75. The highest BCUT2D eigenvalue weighted by atomic mass is 16.6. The Balaban J connectivity index is 2.45. The van der Waals surface area contributed by atoms with Crippen LogP contribution < -0.4 is 4.74 Å². The van der Waals surface area contributed by atoms with E-state index in [4.69, 9.17) is 14.7 Å². The highest BCUT2D eigenvalue weighted by Gasteiger charge is 2.19. The molecule has 20 heavy (non-hydrogen) atoms. The molecule has 0 atom stereocenters. The van der Waals surface area contributed by atoms with Gasteiger partial charge in [-0.1, -0.05) is 0 Å². The Morgan fingerprint density at radius 3 is 2.80 bits per heavy atom. The summed E-state index contributed by atoms with van der Waals surface area (Å²) in [6, 6.07) is 5.30. The zero-order chi connectivity index (χ0) is 15.2. The molecule has 108 valence electrons. The van der Waals surface area contributed by atoms with Gasteiger partial charge in [-0.2, -0.15) is 5.26 Å². The second-order valence-electron chi connectivity index (χ2n) is 5.21. The van der Waals surface area contributed by atoms with Crippen molar-refractivity contribution in [2.24, 2.45) is 0 Å². The average Bonchev–Trinajstić information content (AvgIpc) is 2.37. The number of aromatic nitrogens is 1. The lowest BCUT2D eigenvalue weighted by Gasteiger charge is -2.24. The summed E-state index contributed by atoms with van der Waals surface area (Å²) >= 11 is 0. The molecule has 0 aliphatic heterocycles. The molecule has 6 nitrogen and oxygen atoms in total. The van der Waals surface area contributed by atoms with Crippen molar-refractivity contribution in [1.29, 1.82) is 5.26 Å². The molecule has 0 N–H and O–H groups in total. The third-order valence-electron chi connectivity index (χ3n) is 2.27. The predicted octanol–water partition coefficient (Wildman–Crippen LogP) is 2.20. The molecule has 0 aliphatic carbocycles. The first kappa shape index (κ1) is 15.8. The average molecular weight is 277 g/mol. The van der Waals surface area contributed by atoms with E-state index >= 15 is 0 Å². The molecule has 0 saturated carbocycles. The van der Waals surface area contributed by atoms with E-state index < -0.39 is 11.7 Å². The maximum Gasteiger partial charge on any atom is 0.410 e. The Morgan fingerprint density at radius 1 is 1.50 bits per heavy atom. The SMILES string of the molecule is CN(CCOc1cccnc1C#N)C(=O)OC(C)(C)C. The lowest BCUT2D eigenvalue weighted by Crippen LogP contribution is -2.36. The first-order valence-corrected chi connectivity index (χ1v) is 6.25. The minimum atomic E-state index is -0.524. The van der Waals surface area contributed by atoms with Gasteiger partial charge in [0.15, 0.2) is 11.4 Å². The Hall–Kier alpha value is -2.29. The van der Waals surface area contributed by atoms with Crippen molar-refractivity contribution < 1.29 is 14.3 Å². The third kappa shape index (κ3) is 5.14. The van der Waals surface area contributed by atoms with E-state index in [-0.39, 0.29) is 12.3 Å². The summed E-state index contributed by atoms with van der Waals surface area (Å²) in [6.07, 6.45) is 1.12. The molecule has 0 spiro atoms. The summed E-state index contributed by atoms with van der Waals surface area (Å²) in [4.78, 5) is 17.0. The van der Waals surface area contributed by atoms with Crippen molar-refractivity contribution in [3.8, 4) is 11.8 Å². The summed E-state index contributed by atoms with van der Waals surface area (Å²) in [5.41, 5.74) is -0.295. The number of pyridine rings is 1. The van der Waals surface area contributed by atoms with Gasteiger partial charge in [-0.25, -0.2) is 9.78 Å². The van der Waals surface area contributed by atoms with Crippen molar-refractivity contribution in [2.75, 3.05) is 20.2 Å². The first-order valence-electron chi connectivity index (χ1n) is 6.25. The van der Waals surface area contributed by atoms with Crippen LogP contribution in [-0.2, 0) is 4.74 Å². The van der Waals surface area contributed by atoms with Crippen molar-refractivity contribution in [3.63, 3.8) is 0 Å². The van der Waals surface area contributed by atoms with Gasteiger partial charge in [0.05, 0.1) is 6.54 Å². The minimum Gasteiger partial charge on any atom is -0.489 e. The minimum absolute atomic E-state index is 0.229. The Labute approximate surface area is 118 Å². The summed E-state index contributed by atoms with van der Waals surface area (Å²) in [5, 5.41) is 8.87. The molecule has 1 heterocycles. The number of carbonyl (C=O) groups excluding carboxylic acids is 1. The van der Waals surface area contributed by atoms with Gasteiger partial charge in [-0.05, 0) is 32.9 Å². The summed E-state index contributed by atoms with van der Waals surface area (Å²) in [5.74, 6) is 0.410. The van der Waals surface area contributed by atoms with Crippen LogP contribution in [0.15, 0.2) is 18.3 Å². The monoisotopic (exact) mass is 277 g/mol. The molecule has 1 rings (SSSR count). The van der Waals surface area contributed by atoms with E-state index in [0.717, 1.165) is 0 Å². The van der Waals surface area contributed by atoms with Gasteiger partial charge in [0.1, 0.15) is 18.3 Å². The summed E-state index contributed by atoms with van der Waals surface area (Å²) in [7, 11) is 1.63. The molecule has 0 fully saturated rings. The van der Waals surface area contributed by atoms with Gasteiger partial charge in [0.2, 0.25) is 0 Å². The van der Waals surface area contributed by atoms with Crippen LogP contribution in [0.25, 0.3) is 0 Å². The van der Waals surface area contributed by atoms with Gasteiger partial charge in [-0.15, -0.1) is 0 Å². The van der Waals surface area contributed by atoms with Crippen LogP contribution in [0.4, 0.5) is 4.79 Å². The lowest BCUT2D eigenvalue weighted by atomic mass is 10.2. The zero-order valence-electron chi connectivity index (χ0n) is 12.2. The highest BCUT2D eigenvalue weighted by molar-refractivity contribution is 5.67. The summed E-state index contributed by atoms with van der Waals surface area (Å²) < 4.78 is 10.7. The fourth-order valence-electron chi connectivity index (χ4n) is 1.31. The number of hydrogen-bond donors (Lipinski definition) is 0. The molecule has 0 aliphatic rings. The Morgan fingerprint density at radius 2 is 2.20 bits per heavy atom. The molecule has 0 aromatic carbocycles. The molecule has 0 saturated heterocycles. The van der Waals surface area contributed by atoms with Gasteiger partial charge >= 0.3 is 6.09 Å². The number of nitrogens with zero attached hydrogens (tertiary/aromatic N) is 3. The molecular formula is C14H19N3O3. The fraction of sp³-hybridized carbons (Fsp3) is 0.500. The number of amides is 1. The standard InChI is InChI=1S/C14H19N3O3/c1-14(2,3)20-13(18)17(4)8-9-19-12-6-5-7-16-11(12)10-15/h5-7H,8-9H2,1-4H3. The highest BCUT2D eigenvalue weighted by Crippen LogP contribution is 2.14. The maximum atomic E-state index is 11.7. The molecule has 0 radical (unpaired) electrons. The Kier molecular flexibility index (Phi) is 5.32. The van der Waals surface area contributed by atoms with Crippen LogP contribution in [-0.4, -0.2) is 41.8 Å². The molecule has 0 unspecified atom stereocenters. The second-order valence-corrected chi connectivity index (χ2v) is 5.21. The van der Waals surface area contributed by atoms with Crippen LogP contribution in [0.1, 0.15) is 26.5 Å². The van der Waals surface area contributed by atoms with E-state index in [1.807, 2.05) is 26.8 Å². The van der Waals surface area contributed by atoms with Gasteiger partial charge in [0, 0.05) is 13.2 Å². The lowest BCUT2D eigenvalue weighted by molar-refractivity contribution is 0.0278. The van der Waals surface area contributed by atoms with Crippen LogP contribution in [0.2, 0.25) is 0 Å². The number of rotatable bonds is 4. The van der Waals surface area contributed by atoms with Gasteiger partial charge in [-0.3, -0.25) is 0 Å². The number of nitriles is 1. The van der Waals surface area contributed by atoms with Crippen LogP contribution >= 0.6 is 0 Å². The zero-order valence-corrected chi connectivity index (χ0v) is 12.2. The van der Waals surface area contributed by atoms with E-state index in [1.54, 1.807) is 19.2 Å². The molecule has 1 aromatic heterocycles. The largest absolute Gasteiger partial charge is 0.489 e. The van der Waals surface area contributed by atoms with E-state index in [2.05, 4.69) is 4.98 Å². The number of hydrogen-bond acceptors (Lipinski definition) is 5. The van der Waals surface area contributed by atoms with Crippen LogP contribution in [0.5, 0.6) is 5.75 Å². The number of likely N-dealkylation sites (N-methyl/N-ethyl adjacent to an activating group) is 1. The predicted molar refractivity (Wildman–Crippen MR) is 73.3 cm³/mol. The topological polar surface area (TPSA) is 75.5 Å². The third-order valence-corrected chi connectivity index (χ3v) is 2.27. The molecule has 1 amide bonds. The summed E-state index contributed by atoms with van der Waals surface area (Å²) in [6.45, 7) is 6.04. The van der Waals surface area contributed by atoms with Crippen molar-refractivity contribution in [2.45, 2.75) is 26.4 Å². The Bertz CT molecular complexity index is 503. The molecule has 1 aromatic rings. The molecular weight excluding hydrogens is 258 g/mol. The van der Waals surface area contributed by atoms with Gasteiger partial charge in [0.25, 0.3) is 0 Å². The number of carbonyl (C=O) groups is 1. The van der Waals surface area contributed by atoms with Crippen LogP contribution in [0, 0.1) is 11.3 Å². The van der Waals surface area contributed by atoms with E-state index in [1.165, 1.54) is 11.1 Å². The van der Waals surface area contributed by atoms with Crippen molar-refractivity contribution >= 4 is 6.09 Å². The normalized spacial score (nSPS) is 10.6. The fourth-order valence-corrected chi connectivity index (χ4v) is 1.31. The smallest absolute Gasteiger partial charge is 0.410 e. The van der Waals surface area contributed by atoms with Crippen molar-refractivity contribution in [1.82, 2.24) is 9.88 Å². The quantitative estimate of drug-likeness (QED) is 0.843. The molecule has 0 bridgehead atoms. The first-order chi connectivity index (χ1) is 9.33. The number of ether oxygens (including phenoxy) is 2. The van der Waals surface area contributed by atoms with Gasteiger partial charge < -0.3 is 14.4 Å². The molecule has 6 heteroatoms. The van der Waals surface area contributed by atoms with E-state index in [9.17, 15) is 4.79 Å². The van der Waals surface area contributed by atoms with Crippen molar-refractivity contribution in [3.05, 3.63) is 24.0 Å². The van der Waals surface area contributed by atoms with Crippen LogP contribution in [0.3, 0.4) is 0 Å². The van der Waals surface area contributed by atoms with E-state index in [0.29, 0.717) is 12.3 Å².